The minimum Gasteiger partial charge on any atom is -0.444 e. The van der Waals surface area contributed by atoms with E-state index in [0.717, 1.165) is 54.5 Å². The Morgan fingerprint density at radius 3 is 2.96 bits per heavy atom. The summed E-state index contributed by atoms with van der Waals surface area (Å²) in [5, 5.41) is 12.1. The predicted octanol–water partition coefficient (Wildman–Crippen LogP) is 2.71. The van der Waals surface area contributed by atoms with Crippen molar-refractivity contribution in [3.8, 4) is 28.5 Å². The number of oxazole rings is 1. The maximum atomic E-state index is 5.41. The van der Waals surface area contributed by atoms with Gasteiger partial charge in [-0.25, -0.2) is 14.6 Å². The predicted molar refractivity (Wildman–Crippen MR) is 99.2 cm³/mol. The summed E-state index contributed by atoms with van der Waals surface area (Å²) in [6.45, 7) is 2.03. The number of imidazole rings is 1. The van der Waals surface area contributed by atoms with Crippen molar-refractivity contribution in [3.63, 3.8) is 0 Å². The van der Waals surface area contributed by atoms with Gasteiger partial charge in [-0.2, -0.15) is 0 Å². The fourth-order valence-electron chi connectivity index (χ4n) is 3.50. The van der Waals surface area contributed by atoms with E-state index >= 15 is 0 Å². The van der Waals surface area contributed by atoms with Crippen molar-refractivity contribution >= 4 is 0 Å². The van der Waals surface area contributed by atoms with Gasteiger partial charge in [0.05, 0.1) is 18.4 Å². The highest BCUT2D eigenvalue weighted by atomic mass is 16.3. The first-order chi connectivity index (χ1) is 13.4. The van der Waals surface area contributed by atoms with Crippen LogP contribution in [-0.2, 0) is 0 Å². The van der Waals surface area contributed by atoms with E-state index in [4.69, 9.17) is 4.42 Å². The molecule has 0 atom stereocenters. The van der Waals surface area contributed by atoms with Crippen LogP contribution in [0.25, 0.3) is 28.5 Å². The molecule has 8 heteroatoms. The average Bonchev–Trinajstić information content (AvgIpc) is 3.50. The summed E-state index contributed by atoms with van der Waals surface area (Å²) in [5.74, 6) is 1.50. The van der Waals surface area contributed by atoms with Gasteiger partial charge in [-0.1, -0.05) is 17.3 Å². The summed E-state index contributed by atoms with van der Waals surface area (Å²) in [5.41, 5.74) is 2.71. The third kappa shape index (κ3) is 3.04. The van der Waals surface area contributed by atoms with Crippen LogP contribution < -0.4 is 5.32 Å². The normalized spacial score (nSPS) is 15.3. The topological polar surface area (TPSA) is 86.6 Å². The van der Waals surface area contributed by atoms with Crippen molar-refractivity contribution in [2.45, 2.75) is 18.9 Å². The van der Waals surface area contributed by atoms with Crippen molar-refractivity contribution in [1.29, 1.82) is 0 Å². The van der Waals surface area contributed by atoms with Crippen LogP contribution in [0.1, 0.15) is 18.9 Å². The highest BCUT2D eigenvalue weighted by Gasteiger charge is 2.19. The highest BCUT2D eigenvalue weighted by molar-refractivity contribution is 5.62. The van der Waals surface area contributed by atoms with Crippen LogP contribution in [0.15, 0.2) is 59.9 Å². The largest absolute Gasteiger partial charge is 0.444 e. The van der Waals surface area contributed by atoms with E-state index in [1.165, 1.54) is 6.39 Å². The van der Waals surface area contributed by atoms with Crippen molar-refractivity contribution in [2.75, 3.05) is 13.1 Å². The summed E-state index contributed by atoms with van der Waals surface area (Å²) < 4.78 is 9.39. The molecule has 0 unspecified atom stereocenters. The highest BCUT2D eigenvalue weighted by Crippen LogP contribution is 2.26. The Labute approximate surface area is 155 Å². The zero-order valence-corrected chi connectivity index (χ0v) is 14.7. The minimum atomic E-state index is 0.394. The second-order valence-corrected chi connectivity index (χ2v) is 6.60. The average molecular weight is 361 g/mol. The van der Waals surface area contributed by atoms with Gasteiger partial charge in [0.15, 0.2) is 18.0 Å². The van der Waals surface area contributed by atoms with E-state index < -0.39 is 0 Å². The Morgan fingerprint density at radius 2 is 2.11 bits per heavy atom. The van der Waals surface area contributed by atoms with E-state index in [0.29, 0.717) is 6.04 Å². The van der Waals surface area contributed by atoms with Crippen LogP contribution in [0.3, 0.4) is 0 Å². The van der Waals surface area contributed by atoms with Crippen LogP contribution in [-0.4, -0.2) is 42.6 Å². The first kappa shape index (κ1) is 16.0. The molecule has 5 rings (SSSR count). The number of benzene rings is 1. The molecule has 0 aliphatic carbocycles. The Balaban J connectivity index is 1.48. The van der Waals surface area contributed by atoms with Crippen molar-refractivity contribution in [2.24, 2.45) is 0 Å². The quantitative estimate of drug-likeness (QED) is 0.601. The number of nitrogens with one attached hydrogen (secondary N) is 1. The Kier molecular flexibility index (Phi) is 4.02. The zero-order valence-electron chi connectivity index (χ0n) is 14.7. The van der Waals surface area contributed by atoms with Crippen LogP contribution in [0.2, 0.25) is 0 Å². The van der Waals surface area contributed by atoms with Crippen molar-refractivity contribution < 1.29 is 4.42 Å². The Morgan fingerprint density at radius 1 is 1.19 bits per heavy atom. The van der Waals surface area contributed by atoms with Gasteiger partial charge in [0.1, 0.15) is 5.69 Å². The maximum Gasteiger partial charge on any atom is 0.181 e. The van der Waals surface area contributed by atoms with E-state index in [1.54, 1.807) is 12.4 Å². The summed E-state index contributed by atoms with van der Waals surface area (Å²) in [6, 6.07) is 8.45. The van der Waals surface area contributed by atoms with Crippen molar-refractivity contribution in [1.82, 2.24) is 34.8 Å². The number of aromatic nitrogens is 6. The third-order valence-corrected chi connectivity index (χ3v) is 4.90. The zero-order chi connectivity index (χ0) is 18.1. The van der Waals surface area contributed by atoms with Gasteiger partial charge in [0, 0.05) is 23.6 Å². The second-order valence-electron chi connectivity index (χ2n) is 6.60. The number of rotatable bonds is 4. The van der Waals surface area contributed by atoms with E-state index in [1.807, 2.05) is 45.9 Å². The first-order valence-corrected chi connectivity index (χ1v) is 9.04. The monoisotopic (exact) mass is 361 g/mol. The fraction of sp³-hybridized carbons (Fsp3) is 0.263. The number of hydrogen-bond donors (Lipinski definition) is 1. The Hall–Kier alpha value is -3.26. The molecule has 1 aliphatic heterocycles. The molecule has 1 N–H and O–H groups in total. The van der Waals surface area contributed by atoms with Gasteiger partial charge in [-0.3, -0.25) is 4.57 Å². The van der Waals surface area contributed by atoms with Gasteiger partial charge in [-0.05, 0) is 38.1 Å². The van der Waals surface area contributed by atoms with Crippen LogP contribution >= 0.6 is 0 Å². The molecule has 4 aromatic rings. The molecule has 0 saturated carbocycles. The molecular formula is C19H19N7O. The van der Waals surface area contributed by atoms with Crippen molar-refractivity contribution in [3.05, 3.63) is 55.4 Å². The molecular weight excluding hydrogens is 342 g/mol. The van der Waals surface area contributed by atoms with Gasteiger partial charge in [0.2, 0.25) is 0 Å². The molecule has 27 heavy (non-hydrogen) atoms. The van der Waals surface area contributed by atoms with E-state index in [9.17, 15) is 0 Å². The van der Waals surface area contributed by atoms with Crippen LogP contribution in [0.4, 0.5) is 0 Å². The molecule has 8 nitrogen and oxygen atoms in total. The number of piperidine rings is 1. The molecule has 1 aliphatic rings. The first-order valence-electron chi connectivity index (χ1n) is 9.04. The molecule has 1 saturated heterocycles. The summed E-state index contributed by atoms with van der Waals surface area (Å²) in [7, 11) is 0. The lowest BCUT2D eigenvalue weighted by Crippen LogP contribution is -2.29. The molecule has 4 heterocycles. The van der Waals surface area contributed by atoms with Gasteiger partial charge >= 0.3 is 0 Å². The molecule has 1 aromatic carbocycles. The molecule has 0 bridgehead atoms. The van der Waals surface area contributed by atoms with E-state index in [-0.39, 0.29) is 0 Å². The fourth-order valence-corrected chi connectivity index (χ4v) is 3.50. The van der Waals surface area contributed by atoms with Crippen LogP contribution in [0.5, 0.6) is 0 Å². The lowest BCUT2D eigenvalue weighted by molar-refractivity contribution is 0.337. The van der Waals surface area contributed by atoms with E-state index in [2.05, 4.69) is 25.6 Å². The SMILES string of the molecule is c1cc(-c2cnco2)cc(-n2ccnc2-c2cn(C3CCNCC3)nn2)c1. The molecule has 0 spiro atoms. The standard InChI is InChI=1S/C19H19N7O/c1-2-14(18-11-21-13-27-18)10-16(3-1)25-9-8-22-19(25)17-12-26(24-23-17)15-4-6-20-7-5-15/h1-3,8-13,15,20H,4-7H2. The third-order valence-electron chi connectivity index (χ3n) is 4.90. The summed E-state index contributed by atoms with van der Waals surface area (Å²) >= 11 is 0. The summed E-state index contributed by atoms with van der Waals surface area (Å²) in [4.78, 5) is 8.50. The Bertz CT molecular complexity index is 1030. The van der Waals surface area contributed by atoms with Gasteiger partial charge in [0.25, 0.3) is 0 Å². The molecule has 136 valence electrons. The lowest BCUT2D eigenvalue weighted by Gasteiger charge is -2.22. The molecule has 1 fully saturated rings. The summed E-state index contributed by atoms with van der Waals surface area (Å²) in [6.07, 6.45) is 11.0. The second kappa shape index (κ2) is 6.81. The maximum absolute atomic E-state index is 5.41. The molecule has 3 aromatic heterocycles. The lowest BCUT2D eigenvalue weighted by atomic mass is 10.1. The molecule has 0 amide bonds. The van der Waals surface area contributed by atoms with Crippen LogP contribution in [0, 0.1) is 0 Å². The number of hydrogen-bond acceptors (Lipinski definition) is 6. The minimum absolute atomic E-state index is 0.394. The van der Waals surface area contributed by atoms with Gasteiger partial charge < -0.3 is 9.73 Å². The van der Waals surface area contributed by atoms with Gasteiger partial charge in [-0.15, -0.1) is 5.10 Å². The number of nitrogens with zero attached hydrogens (tertiary/aromatic N) is 6. The molecule has 0 radical (unpaired) electrons. The smallest absolute Gasteiger partial charge is 0.181 e.